The summed E-state index contributed by atoms with van der Waals surface area (Å²) in [5.74, 6) is 1.31. The lowest BCUT2D eigenvalue weighted by atomic mass is 9.84. The van der Waals surface area contributed by atoms with E-state index in [0.29, 0.717) is 24.7 Å². The van der Waals surface area contributed by atoms with E-state index in [1.807, 2.05) is 0 Å². The molecule has 0 aromatic carbocycles. The first kappa shape index (κ1) is 18.9. The van der Waals surface area contributed by atoms with Gasteiger partial charge < -0.3 is 9.26 Å². The second-order valence-electron chi connectivity index (χ2n) is 6.66. The smallest absolute Gasteiger partial charge is 0.244 e. The fourth-order valence-corrected chi connectivity index (χ4v) is 3.44. The van der Waals surface area contributed by atoms with Crippen LogP contribution in [0.15, 0.2) is 4.52 Å². The van der Waals surface area contributed by atoms with Crippen LogP contribution < -0.4 is 5.48 Å². The predicted molar refractivity (Wildman–Crippen MR) is 87.6 cm³/mol. The quantitative estimate of drug-likeness (QED) is 0.502. The summed E-state index contributed by atoms with van der Waals surface area (Å²) in [4.78, 5) is 15.9. The highest BCUT2D eigenvalue weighted by Crippen LogP contribution is 2.31. The van der Waals surface area contributed by atoms with Gasteiger partial charge in [0.05, 0.1) is 6.61 Å². The molecule has 1 heterocycles. The van der Waals surface area contributed by atoms with Gasteiger partial charge in [0.25, 0.3) is 0 Å². The Morgan fingerprint density at radius 3 is 2.92 bits per heavy atom. The molecule has 24 heavy (non-hydrogen) atoms. The minimum absolute atomic E-state index is 0.149. The number of hydrogen-bond acceptors (Lipinski definition) is 6. The van der Waals surface area contributed by atoms with Crippen LogP contribution in [0.3, 0.4) is 0 Å². The lowest BCUT2D eigenvalue weighted by Gasteiger charge is -2.22. The van der Waals surface area contributed by atoms with Gasteiger partial charge in [-0.3, -0.25) is 10.0 Å². The van der Waals surface area contributed by atoms with Crippen LogP contribution in [0.25, 0.3) is 0 Å². The fraction of sp³-hybridized carbons (Fsp3) is 0.824. The molecule has 0 aliphatic heterocycles. The Bertz CT molecular complexity index is 486. The number of ether oxygens (including phenoxy) is 1. The van der Waals surface area contributed by atoms with Crippen molar-refractivity contribution in [3.63, 3.8) is 0 Å². The van der Waals surface area contributed by atoms with Crippen LogP contribution in [0.1, 0.15) is 75.4 Å². The van der Waals surface area contributed by atoms with E-state index in [4.69, 9.17) is 14.5 Å². The molecule has 7 heteroatoms. The highest BCUT2D eigenvalue weighted by molar-refractivity contribution is 5.75. The van der Waals surface area contributed by atoms with Gasteiger partial charge in [-0.2, -0.15) is 4.98 Å². The van der Waals surface area contributed by atoms with Crippen LogP contribution >= 0.6 is 0 Å². The van der Waals surface area contributed by atoms with Crippen LogP contribution in [-0.4, -0.2) is 35.0 Å². The average Bonchev–Trinajstić information content (AvgIpc) is 3.08. The molecule has 1 fully saturated rings. The molecule has 136 valence electrons. The van der Waals surface area contributed by atoms with Crippen LogP contribution in [0.5, 0.6) is 0 Å². The lowest BCUT2D eigenvalue weighted by Crippen LogP contribution is -2.21. The molecule has 0 unspecified atom stereocenters. The number of rotatable bonds is 10. The molecule has 0 radical (unpaired) electrons. The monoisotopic (exact) mass is 339 g/mol. The summed E-state index contributed by atoms with van der Waals surface area (Å²) in [7, 11) is 1.63. The highest BCUT2D eigenvalue weighted by Gasteiger charge is 2.23. The molecular formula is C17H29N3O4. The molecule has 1 atom stereocenters. The number of hydroxylamine groups is 1. The zero-order chi connectivity index (χ0) is 17.2. The molecular weight excluding hydrogens is 310 g/mol. The topological polar surface area (TPSA) is 97.5 Å². The zero-order valence-electron chi connectivity index (χ0n) is 14.5. The van der Waals surface area contributed by atoms with E-state index >= 15 is 0 Å². The number of nitrogens with zero attached hydrogens (tertiary/aromatic N) is 2. The van der Waals surface area contributed by atoms with Crippen LogP contribution in [0, 0.1) is 5.92 Å². The molecule has 2 rings (SSSR count). The number of carbonyl (C=O) groups excluding carboxylic acids is 1. The van der Waals surface area contributed by atoms with Crippen molar-refractivity contribution >= 4 is 5.91 Å². The molecule has 0 bridgehead atoms. The Balaban J connectivity index is 1.88. The largest absolute Gasteiger partial charge is 0.384 e. The number of carbonyl (C=O) groups is 1. The zero-order valence-corrected chi connectivity index (χ0v) is 14.5. The summed E-state index contributed by atoms with van der Waals surface area (Å²) >= 11 is 0. The Kier molecular flexibility index (Phi) is 8.18. The van der Waals surface area contributed by atoms with Crippen LogP contribution in [0.4, 0.5) is 0 Å². The number of amides is 1. The average molecular weight is 339 g/mol. The maximum Gasteiger partial charge on any atom is 0.244 e. The Morgan fingerprint density at radius 2 is 2.21 bits per heavy atom. The summed E-state index contributed by atoms with van der Waals surface area (Å²) in [6.45, 7) is 0.530. The van der Waals surface area contributed by atoms with Crippen molar-refractivity contribution in [3.8, 4) is 0 Å². The highest BCUT2D eigenvalue weighted by atomic mass is 16.5. The van der Waals surface area contributed by atoms with Gasteiger partial charge in [-0.15, -0.1) is 0 Å². The molecule has 1 aliphatic rings. The molecule has 1 amide bonds. The van der Waals surface area contributed by atoms with Gasteiger partial charge in [0, 0.05) is 25.9 Å². The minimum Gasteiger partial charge on any atom is -0.384 e. The van der Waals surface area contributed by atoms with Crippen molar-refractivity contribution in [2.75, 3.05) is 13.7 Å². The van der Waals surface area contributed by atoms with E-state index in [1.165, 1.54) is 38.5 Å². The van der Waals surface area contributed by atoms with Gasteiger partial charge in [-0.25, -0.2) is 5.48 Å². The van der Waals surface area contributed by atoms with Crippen molar-refractivity contribution in [2.24, 2.45) is 5.92 Å². The third kappa shape index (κ3) is 6.20. The van der Waals surface area contributed by atoms with E-state index in [-0.39, 0.29) is 12.3 Å². The maximum atomic E-state index is 11.6. The molecule has 1 aromatic rings. The molecule has 7 nitrogen and oxygen atoms in total. The third-order valence-electron chi connectivity index (χ3n) is 4.81. The van der Waals surface area contributed by atoms with Gasteiger partial charge in [0.2, 0.25) is 11.8 Å². The predicted octanol–water partition coefficient (Wildman–Crippen LogP) is 2.99. The summed E-state index contributed by atoms with van der Waals surface area (Å²) in [6, 6.07) is 0. The molecule has 0 spiro atoms. The van der Waals surface area contributed by atoms with Crippen molar-refractivity contribution in [1.29, 1.82) is 0 Å². The Morgan fingerprint density at radius 1 is 1.42 bits per heavy atom. The Labute approximate surface area is 143 Å². The van der Waals surface area contributed by atoms with Crippen molar-refractivity contribution < 1.29 is 19.3 Å². The molecule has 2 N–H and O–H groups in total. The lowest BCUT2D eigenvalue weighted by molar-refractivity contribution is -0.129. The number of methoxy groups -OCH3 is 1. The first-order valence-electron chi connectivity index (χ1n) is 8.97. The Hall–Kier alpha value is -1.47. The standard InChI is InChI=1S/C17H29N3O4/c1-23-11-10-15-18-17(24-20-15)14(12-16(21)19-22)9-5-8-13-6-3-2-4-7-13/h13-14,22H,2-12H2,1H3,(H,19,21)/t14-/m1/s1. The van der Waals surface area contributed by atoms with Gasteiger partial charge in [-0.05, 0) is 12.3 Å². The van der Waals surface area contributed by atoms with E-state index in [1.54, 1.807) is 12.6 Å². The van der Waals surface area contributed by atoms with E-state index < -0.39 is 5.91 Å². The van der Waals surface area contributed by atoms with Crippen molar-refractivity contribution in [3.05, 3.63) is 11.7 Å². The summed E-state index contributed by atoms with van der Waals surface area (Å²) in [5.41, 5.74) is 1.70. The van der Waals surface area contributed by atoms with Gasteiger partial charge in [-0.1, -0.05) is 50.1 Å². The molecule has 1 saturated carbocycles. The van der Waals surface area contributed by atoms with Gasteiger partial charge >= 0.3 is 0 Å². The first-order chi connectivity index (χ1) is 11.7. The van der Waals surface area contributed by atoms with Crippen molar-refractivity contribution in [2.45, 2.75) is 70.1 Å². The fourth-order valence-electron chi connectivity index (χ4n) is 3.44. The SMILES string of the molecule is COCCc1noc([C@H](CCCC2CCCCC2)CC(=O)NO)n1. The second kappa shape index (κ2) is 10.4. The first-order valence-corrected chi connectivity index (χ1v) is 8.97. The number of nitrogens with one attached hydrogen (secondary N) is 1. The van der Waals surface area contributed by atoms with E-state index in [9.17, 15) is 4.79 Å². The number of hydrogen-bond donors (Lipinski definition) is 2. The molecule has 0 saturated heterocycles. The normalized spacial score (nSPS) is 16.9. The van der Waals surface area contributed by atoms with Crippen LogP contribution in [-0.2, 0) is 16.0 Å². The maximum absolute atomic E-state index is 11.6. The molecule has 1 aromatic heterocycles. The van der Waals surface area contributed by atoms with E-state index in [2.05, 4.69) is 10.1 Å². The van der Waals surface area contributed by atoms with E-state index in [0.717, 1.165) is 18.8 Å². The summed E-state index contributed by atoms with van der Waals surface area (Å²) in [6.07, 6.45) is 10.5. The molecule has 1 aliphatic carbocycles. The van der Waals surface area contributed by atoms with Crippen LogP contribution in [0.2, 0.25) is 0 Å². The number of aromatic nitrogens is 2. The summed E-state index contributed by atoms with van der Waals surface area (Å²) in [5, 5.41) is 12.7. The summed E-state index contributed by atoms with van der Waals surface area (Å²) < 4.78 is 10.3. The van der Waals surface area contributed by atoms with Gasteiger partial charge in [0.1, 0.15) is 0 Å². The third-order valence-corrected chi connectivity index (χ3v) is 4.81. The van der Waals surface area contributed by atoms with Crippen molar-refractivity contribution in [1.82, 2.24) is 15.6 Å². The minimum atomic E-state index is -0.422. The second-order valence-corrected chi connectivity index (χ2v) is 6.66. The van der Waals surface area contributed by atoms with Gasteiger partial charge in [0.15, 0.2) is 5.82 Å².